The second-order valence-electron chi connectivity index (χ2n) is 8.96. The maximum Gasteiger partial charge on any atom is 0.288 e. The molecule has 3 aromatic carbocycles. The molecule has 0 saturated carbocycles. The molecule has 0 fully saturated rings. The first-order chi connectivity index (χ1) is 17.9. The summed E-state index contributed by atoms with van der Waals surface area (Å²) in [5, 5.41) is 0. The lowest BCUT2D eigenvalue weighted by Crippen LogP contribution is -2.40. The van der Waals surface area contributed by atoms with Gasteiger partial charge in [0.1, 0.15) is 28.8 Å². The van der Waals surface area contributed by atoms with E-state index in [0.29, 0.717) is 60.7 Å². The van der Waals surface area contributed by atoms with Gasteiger partial charge in [-0.1, -0.05) is 18.2 Å². The van der Waals surface area contributed by atoms with Gasteiger partial charge in [-0.25, -0.2) is 9.38 Å². The van der Waals surface area contributed by atoms with Crippen LogP contribution in [0.15, 0.2) is 65.7 Å². The van der Waals surface area contributed by atoms with Crippen LogP contribution in [0.3, 0.4) is 0 Å². The van der Waals surface area contributed by atoms with E-state index in [1.807, 2.05) is 54.3 Å². The number of halogens is 1. The third-order valence-electron chi connectivity index (χ3n) is 6.60. The quantitative estimate of drug-likeness (QED) is 0.378. The van der Waals surface area contributed by atoms with Crippen LogP contribution in [-0.2, 0) is 23.4 Å². The first kappa shape index (κ1) is 26.1. The van der Waals surface area contributed by atoms with Gasteiger partial charge < -0.3 is 28.6 Å². The predicted molar refractivity (Wildman–Crippen MR) is 140 cm³/mol. The molecule has 0 N–H and O–H groups in total. The average Bonchev–Trinajstić information content (AvgIpc) is 2.93. The molecule has 3 aromatic rings. The Kier molecular flexibility index (Phi) is 8.06. The lowest BCUT2D eigenvalue weighted by Gasteiger charge is -2.36. The highest BCUT2D eigenvalue weighted by molar-refractivity contribution is 5.75. The van der Waals surface area contributed by atoms with Crippen molar-refractivity contribution >= 4 is 6.02 Å². The monoisotopic (exact) mass is 508 g/mol. The summed E-state index contributed by atoms with van der Waals surface area (Å²) >= 11 is 0. The number of benzene rings is 3. The van der Waals surface area contributed by atoms with Crippen molar-refractivity contribution in [3.63, 3.8) is 0 Å². The average molecular weight is 509 g/mol. The summed E-state index contributed by atoms with van der Waals surface area (Å²) in [6, 6.07) is 18.5. The molecule has 0 saturated heterocycles. The zero-order chi connectivity index (χ0) is 26.4. The lowest BCUT2D eigenvalue weighted by molar-refractivity contribution is 0.163. The number of nitrogens with zero attached hydrogens (tertiary/aromatic N) is 2. The number of hydrogen-bond donors (Lipinski definition) is 0. The Labute approximate surface area is 217 Å². The number of rotatable bonds is 9. The molecule has 1 heterocycles. The molecule has 8 heteroatoms. The molecule has 0 aliphatic carbocycles. The standard InChI is InChI=1S/C29H33FN2O5/c1-29(24-8-6-7-9-25(24)30)14-15-37-28(31-29)32(18-20-10-12-22(33-2)16-26(20)35-4)19-21-11-13-23(34-3)17-27(21)36-5/h6-13,16-17H,14-15,18-19H2,1-5H3/t29-/m0/s1. The Bertz CT molecular complexity index is 1210. The second-order valence-corrected chi connectivity index (χ2v) is 8.96. The fourth-order valence-corrected chi connectivity index (χ4v) is 4.46. The number of methoxy groups -OCH3 is 4. The highest BCUT2D eigenvalue weighted by Gasteiger charge is 2.35. The van der Waals surface area contributed by atoms with Crippen molar-refractivity contribution in [2.24, 2.45) is 4.99 Å². The van der Waals surface area contributed by atoms with E-state index in [9.17, 15) is 4.39 Å². The van der Waals surface area contributed by atoms with E-state index in [0.717, 1.165) is 11.1 Å². The fraction of sp³-hybridized carbons (Fsp3) is 0.345. The van der Waals surface area contributed by atoms with Crippen LogP contribution >= 0.6 is 0 Å². The molecule has 1 aliphatic rings. The normalized spacial score (nSPS) is 16.9. The van der Waals surface area contributed by atoms with Crippen molar-refractivity contribution < 1.29 is 28.1 Å². The number of aliphatic imine (C=N–C) groups is 1. The first-order valence-corrected chi connectivity index (χ1v) is 12.0. The maximum atomic E-state index is 14.8. The van der Waals surface area contributed by atoms with E-state index in [-0.39, 0.29) is 5.82 Å². The molecule has 7 nitrogen and oxygen atoms in total. The highest BCUT2D eigenvalue weighted by atomic mass is 19.1. The largest absolute Gasteiger partial charge is 0.497 e. The van der Waals surface area contributed by atoms with Gasteiger partial charge in [0.2, 0.25) is 0 Å². The summed E-state index contributed by atoms with van der Waals surface area (Å²) in [6.07, 6.45) is 0.559. The van der Waals surface area contributed by atoms with Crippen molar-refractivity contribution in [2.45, 2.75) is 32.0 Å². The molecule has 0 aromatic heterocycles. The first-order valence-electron chi connectivity index (χ1n) is 12.0. The van der Waals surface area contributed by atoms with Crippen molar-refractivity contribution in [2.75, 3.05) is 35.0 Å². The molecule has 37 heavy (non-hydrogen) atoms. The van der Waals surface area contributed by atoms with Crippen molar-refractivity contribution in [3.8, 4) is 23.0 Å². The minimum absolute atomic E-state index is 0.282. The Hall–Kier alpha value is -3.94. The van der Waals surface area contributed by atoms with E-state index in [2.05, 4.69) is 0 Å². The molecule has 4 rings (SSSR count). The van der Waals surface area contributed by atoms with E-state index in [1.54, 1.807) is 40.6 Å². The minimum Gasteiger partial charge on any atom is -0.497 e. The SMILES string of the molecule is COc1ccc(CN(Cc2ccc(OC)cc2OC)C2=N[C@](C)(c3ccccc3F)CCO2)c(OC)c1. The third kappa shape index (κ3) is 5.74. The topological polar surface area (TPSA) is 61.8 Å². The van der Waals surface area contributed by atoms with Crippen LogP contribution in [0.2, 0.25) is 0 Å². The van der Waals surface area contributed by atoms with Gasteiger partial charge in [0, 0.05) is 35.2 Å². The highest BCUT2D eigenvalue weighted by Crippen LogP contribution is 2.36. The van der Waals surface area contributed by atoms with E-state index in [1.165, 1.54) is 6.07 Å². The Morgan fingerprint density at radius 3 is 1.92 bits per heavy atom. The van der Waals surface area contributed by atoms with Crippen LogP contribution in [0.4, 0.5) is 4.39 Å². The molecule has 1 aliphatic heterocycles. The fourth-order valence-electron chi connectivity index (χ4n) is 4.46. The summed E-state index contributed by atoms with van der Waals surface area (Å²) in [5.74, 6) is 2.47. The van der Waals surface area contributed by atoms with Gasteiger partial charge in [0.05, 0.1) is 53.7 Å². The third-order valence-corrected chi connectivity index (χ3v) is 6.60. The lowest BCUT2D eigenvalue weighted by atomic mass is 9.88. The van der Waals surface area contributed by atoms with E-state index < -0.39 is 5.54 Å². The zero-order valence-electron chi connectivity index (χ0n) is 21.9. The summed E-state index contributed by atoms with van der Waals surface area (Å²) in [5.41, 5.74) is 1.60. The number of hydrogen-bond acceptors (Lipinski definition) is 7. The van der Waals surface area contributed by atoms with Crippen molar-refractivity contribution in [1.29, 1.82) is 0 Å². The van der Waals surface area contributed by atoms with Crippen LogP contribution in [0.5, 0.6) is 23.0 Å². The van der Waals surface area contributed by atoms with Crippen LogP contribution in [-0.4, -0.2) is 46.0 Å². The molecule has 196 valence electrons. The van der Waals surface area contributed by atoms with E-state index in [4.69, 9.17) is 28.7 Å². The molecule has 0 radical (unpaired) electrons. The molecule has 0 unspecified atom stereocenters. The Morgan fingerprint density at radius 2 is 1.41 bits per heavy atom. The van der Waals surface area contributed by atoms with Gasteiger partial charge in [0.25, 0.3) is 6.02 Å². The second kappa shape index (κ2) is 11.4. The minimum atomic E-state index is -0.773. The van der Waals surface area contributed by atoms with Crippen LogP contribution < -0.4 is 18.9 Å². The van der Waals surface area contributed by atoms with Gasteiger partial charge >= 0.3 is 0 Å². The Balaban J connectivity index is 1.76. The van der Waals surface area contributed by atoms with Gasteiger partial charge in [-0.05, 0) is 37.3 Å². The molecular weight excluding hydrogens is 475 g/mol. The molecular formula is C29H33FN2O5. The predicted octanol–water partition coefficient (Wildman–Crippen LogP) is 5.55. The van der Waals surface area contributed by atoms with Crippen LogP contribution in [0, 0.1) is 5.82 Å². The van der Waals surface area contributed by atoms with Crippen molar-refractivity contribution in [1.82, 2.24) is 4.90 Å². The molecule has 0 spiro atoms. The van der Waals surface area contributed by atoms with E-state index >= 15 is 0 Å². The van der Waals surface area contributed by atoms with Gasteiger partial charge in [-0.3, -0.25) is 0 Å². The summed E-state index contributed by atoms with van der Waals surface area (Å²) < 4.78 is 42.9. The molecule has 0 bridgehead atoms. The zero-order valence-corrected chi connectivity index (χ0v) is 21.9. The van der Waals surface area contributed by atoms with Crippen LogP contribution in [0.1, 0.15) is 30.0 Å². The Morgan fingerprint density at radius 1 is 0.838 bits per heavy atom. The van der Waals surface area contributed by atoms with Crippen molar-refractivity contribution in [3.05, 3.63) is 83.2 Å². The maximum absolute atomic E-state index is 14.8. The summed E-state index contributed by atoms with van der Waals surface area (Å²) in [4.78, 5) is 6.97. The number of amidine groups is 1. The molecule has 0 amide bonds. The van der Waals surface area contributed by atoms with Gasteiger partial charge in [0.15, 0.2) is 0 Å². The summed E-state index contributed by atoms with van der Waals surface area (Å²) in [7, 11) is 6.48. The smallest absolute Gasteiger partial charge is 0.288 e. The summed E-state index contributed by atoms with van der Waals surface area (Å²) in [6.45, 7) is 3.19. The molecule has 1 atom stereocenters. The van der Waals surface area contributed by atoms with Gasteiger partial charge in [-0.2, -0.15) is 0 Å². The van der Waals surface area contributed by atoms with Crippen LogP contribution in [0.25, 0.3) is 0 Å². The van der Waals surface area contributed by atoms with Gasteiger partial charge in [-0.15, -0.1) is 0 Å². The number of ether oxygens (including phenoxy) is 5.